The second-order valence-electron chi connectivity index (χ2n) is 3.19. The third-order valence-electron chi connectivity index (χ3n) is 2.02. The Morgan fingerprint density at radius 1 is 1.62 bits per heavy atom. The van der Waals surface area contributed by atoms with Gasteiger partial charge in [0.05, 0.1) is 6.10 Å². The van der Waals surface area contributed by atoms with Crippen LogP contribution in [0, 0.1) is 0 Å². The summed E-state index contributed by atoms with van der Waals surface area (Å²) in [5, 5.41) is 4.05. The van der Waals surface area contributed by atoms with E-state index in [-0.39, 0.29) is 6.10 Å². The number of hydrogen-bond acceptors (Lipinski definition) is 3. The Morgan fingerprint density at radius 2 is 2.38 bits per heavy atom. The van der Waals surface area contributed by atoms with Crippen LogP contribution in [0.3, 0.4) is 0 Å². The quantitative estimate of drug-likeness (QED) is 0.423. The SMILES string of the molecule is C=CCC(CCSC(=NC)N/C=C\C)OC. The maximum Gasteiger partial charge on any atom is 0.160 e. The fourth-order valence-corrected chi connectivity index (χ4v) is 1.98. The molecule has 3 nitrogen and oxygen atoms in total. The Morgan fingerprint density at radius 3 is 2.88 bits per heavy atom. The predicted octanol–water partition coefficient (Wildman–Crippen LogP) is 2.81. The van der Waals surface area contributed by atoms with Gasteiger partial charge in [-0.1, -0.05) is 23.9 Å². The lowest BCUT2D eigenvalue weighted by molar-refractivity contribution is 0.103. The van der Waals surface area contributed by atoms with Crippen LogP contribution >= 0.6 is 11.8 Å². The summed E-state index contributed by atoms with van der Waals surface area (Å²) < 4.78 is 5.33. The number of thioether (sulfide) groups is 1. The van der Waals surface area contributed by atoms with Gasteiger partial charge in [-0.3, -0.25) is 4.99 Å². The highest BCUT2D eigenvalue weighted by molar-refractivity contribution is 8.13. The number of ether oxygens (including phenoxy) is 1. The summed E-state index contributed by atoms with van der Waals surface area (Å²) in [6.45, 7) is 5.68. The summed E-state index contributed by atoms with van der Waals surface area (Å²) in [6, 6.07) is 0. The summed E-state index contributed by atoms with van der Waals surface area (Å²) in [6.07, 6.45) is 7.90. The van der Waals surface area contributed by atoms with Gasteiger partial charge in [0, 0.05) is 19.9 Å². The highest BCUT2D eigenvalue weighted by Crippen LogP contribution is 2.10. The van der Waals surface area contributed by atoms with Gasteiger partial charge >= 0.3 is 0 Å². The molecule has 0 bridgehead atoms. The van der Waals surface area contributed by atoms with Gasteiger partial charge in [-0.05, 0) is 26.0 Å². The second-order valence-corrected chi connectivity index (χ2v) is 4.28. The first-order chi connectivity index (χ1) is 7.78. The average Bonchev–Trinajstić information content (AvgIpc) is 2.32. The third-order valence-corrected chi connectivity index (χ3v) is 3.03. The summed E-state index contributed by atoms with van der Waals surface area (Å²) in [4.78, 5) is 4.15. The first-order valence-corrected chi connectivity index (χ1v) is 6.38. The standard InChI is InChI=1S/C12H22N2OS/c1-5-7-11(15-4)8-10-16-12(13-3)14-9-6-2/h5-6,9,11H,1,7-8,10H2,2-4H3,(H,13,14)/b9-6-. The van der Waals surface area contributed by atoms with Crippen LogP contribution in [-0.4, -0.2) is 31.2 Å². The van der Waals surface area contributed by atoms with Gasteiger partial charge in [0.1, 0.15) is 0 Å². The average molecular weight is 242 g/mol. The predicted molar refractivity (Wildman–Crippen MR) is 74.0 cm³/mol. The van der Waals surface area contributed by atoms with E-state index >= 15 is 0 Å². The van der Waals surface area contributed by atoms with Crippen LogP contribution in [0.2, 0.25) is 0 Å². The minimum Gasteiger partial charge on any atom is -0.381 e. The van der Waals surface area contributed by atoms with Crippen molar-refractivity contribution in [2.24, 2.45) is 4.99 Å². The molecular weight excluding hydrogens is 220 g/mol. The van der Waals surface area contributed by atoms with Gasteiger partial charge in [-0.2, -0.15) is 0 Å². The van der Waals surface area contributed by atoms with Crippen molar-refractivity contribution in [1.82, 2.24) is 5.32 Å². The van der Waals surface area contributed by atoms with Crippen LogP contribution in [0.5, 0.6) is 0 Å². The zero-order valence-electron chi connectivity index (χ0n) is 10.4. The maximum atomic E-state index is 5.33. The molecule has 92 valence electrons. The van der Waals surface area contributed by atoms with Crippen LogP contribution in [0.15, 0.2) is 29.9 Å². The highest BCUT2D eigenvalue weighted by atomic mass is 32.2. The molecule has 4 heteroatoms. The Hall–Kier alpha value is -0.740. The molecule has 0 spiro atoms. The van der Waals surface area contributed by atoms with Crippen LogP contribution in [0.1, 0.15) is 19.8 Å². The molecule has 0 saturated heterocycles. The van der Waals surface area contributed by atoms with Crippen LogP contribution in [0.25, 0.3) is 0 Å². The second kappa shape index (κ2) is 10.8. The summed E-state index contributed by atoms with van der Waals surface area (Å²) in [7, 11) is 3.53. The lowest BCUT2D eigenvalue weighted by Crippen LogP contribution is -2.16. The van der Waals surface area contributed by atoms with Crippen molar-refractivity contribution in [1.29, 1.82) is 0 Å². The molecule has 1 atom stereocenters. The lowest BCUT2D eigenvalue weighted by atomic mass is 10.2. The van der Waals surface area contributed by atoms with E-state index in [9.17, 15) is 0 Å². The van der Waals surface area contributed by atoms with E-state index in [2.05, 4.69) is 16.9 Å². The van der Waals surface area contributed by atoms with Gasteiger partial charge in [0.2, 0.25) is 0 Å². The van der Waals surface area contributed by atoms with Crippen molar-refractivity contribution in [2.45, 2.75) is 25.9 Å². The first-order valence-electron chi connectivity index (χ1n) is 5.39. The molecule has 0 amide bonds. The summed E-state index contributed by atoms with van der Waals surface area (Å²) >= 11 is 1.70. The van der Waals surface area contributed by atoms with E-state index in [4.69, 9.17) is 4.74 Å². The third kappa shape index (κ3) is 7.54. The minimum atomic E-state index is 0.268. The molecule has 0 aliphatic rings. The van der Waals surface area contributed by atoms with Gasteiger partial charge in [0.15, 0.2) is 5.17 Å². The smallest absolute Gasteiger partial charge is 0.160 e. The molecule has 1 N–H and O–H groups in total. The molecule has 0 heterocycles. The monoisotopic (exact) mass is 242 g/mol. The molecule has 0 aromatic carbocycles. The Labute approximate surface area is 103 Å². The number of nitrogens with one attached hydrogen (secondary N) is 1. The van der Waals surface area contributed by atoms with Gasteiger partial charge in [0.25, 0.3) is 0 Å². The Kier molecular flexibility index (Phi) is 10.3. The Balaban J connectivity index is 3.80. The maximum absolute atomic E-state index is 5.33. The van der Waals surface area contributed by atoms with Crippen molar-refractivity contribution in [3.8, 4) is 0 Å². The first kappa shape index (κ1) is 15.3. The normalized spacial score (nSPS) is 14.1. The van der Waals surface area contributed by atoms with Crippen molar-refractivity contribution in [2.75, 3.05) is 19.9 Å². The number of amidine groups is 1. The van der Waals surface area contributed by atoms with Crippen LogP contribution in [0.4, 0.5) is 0 Å². The van der Waals surface area contributed by atoms with E-state index in [1.165, 1.54) is 0 Å². The lowest BCUT2D eigenvalue weighted by Gasteiger charge is -2.12. The van der Waals surface area contributed by atoms with Crippen molar-refractivity contribution >= 4 is 16.9 Å². The number of methoxy groups -OCH3 is 1. The zero-order chi connectivity index (χ0) is 12.2. The fraction of sp³-hybridized carbons (Fsp3) is 0.583. The summed E-state index contributed by atoms with van der Waals surface area (Å²) in [5.74, 6) is 0.990. The molecule has 0 fully saturated rings. The van der Waals surface area contributed by atoms with E-state index in [0.717, 1.165) is 23.8 Å². The topological polar surface area (TPSA) is 33.6 Å². The summed E-state index contributed by atoms with van der Waals surface area (Å²) in [5.41, 5.74) is 0. The molecule has 0 rings (SSSR count). The number of rotatable bonds is 7. The van der Waals surface area contributed by atoms with E-state index in [0.29, 0.717) is 0 Å². The van der Waals surface area contributed by atoms with Gasteiger partial charge < -0.3 is 10.1 Å². The number of allylic oxidation sites excluding steroid dienone is 1. The number of aliphatic imine (C=N–C) groups is 1. The number of nitrogens with zero attached hydrogens (tertiary/aromatic N) is 1. The van der Waals surface area contributed by atoms with E-state index < -0.39 is 0 Å². The van der Waals surface area contributed by atoms with Gasteiger partial charge in [-0.25, -0.2) is 0 Å². The zero-order valence-corrected chi connectivity index (χ0v) is 11.2. The molecule has 0 aliphatic heterocycles. The molecule has 16 heavy (non-hydrogen) atoms. The van der Waals surface area contributed by atoms with E-state index in [1.54, 1.807) is 25.9 Å². The number of hydrogen-bond donors (Lipinski definition) is 1. The van der Waals surface area contributed by atoms with Gasteiger partial charge in [-0.15, -0.1) is 6.58 Å². The highest BCUT2D eigenvalue weighted by Gasteiger charge is 2.05. The van der Waals surface area contributed by atoms with Crippen molar-refractivity contribution in [3.05, 3.63) is 24.9 Å². The van der Waals surface area contributed by atoms with Crippen LogP contribution in [-0.2, 0) is 4.74 Å². The molecule has 1 unspecified atom stereocenters. The molecule has 0 aliphatic carbocycles. The molecule has 0 aromatic rings. The fourth-order valence-electron chi connectivity index (χ4n) is 1.13. The minimum absolute atomic E-state index is 0.268. The molecule has 0 radical (unpaired) electrons. The molecule has 0 aromatic heterocycles. The van der Waals surface area contributed by atoms with Crippen molar-refractivity contribution < 1.29 is 4.74 Å². The van der Waals surface area contributed by atoms with E-state index in [1.807, 2.05) is 25.3 Å². The largest absolute Gasteiger partial charge is 0.381 e. The molecular formula is C12H22N2OS. The molecule has 0 saturated carbocycles. The Bertz CT molecular complexity index is 239. The van der Waals surface area contributed by atoms with Crippen molar-refractivity contribution in [3.63, 3.8) is 0 Å². The van der Waals surface area contributed by atoms with Crippen LogP contribution < -0.4 is 5.32 Å².